The van der Waals surface area contributed by atoms with Crippen LogP contribution >= 0.6 is 23.1 Å². The van der Waals surface area contributed by atoms with E-state index >= 15 is 0 Å². The Morgan fingerprint density at radius 1 is 1.32 bits per heavy atom. The summed E-state index contributed by atoms with van der Waals surface area (Å²) in [7, 11) is 0. The number of aromatic nitrogens is 1. The lowest BCUT2D eigenvalue weighted by Gasteiger charge is -2.59. The van der Waals surface area contributed by atoms with E-state index < -0.39 is 23.4 Å². The Morgan fingerprint density at radius 2 is 2.15 bits per heavy atom. The number of allylic oxidation sites excluding steroid dienone is 4. The quantitative estimate of drug-likeness (QED) is 0.323. The number of ketones is 2. The molecule has 0 bridgehead atoms. The van der Waals surface area contributed by atoms with Gasteiger partial charge in [0, 0.05) is 22.4 Å². The molecule has 9 atom stereocenters. The number of nitrogens with zero attached hydrogens (tertiary/aromatic N) is 1. The fourth-order valence-corrected chi connectivity index (χ4v) is 11.3. The second-order valence-electron chi connectivity index (χ2n) is 13.1. The van der Waals surface area contributed by atoms with Crippen LogP contribution < -0.4 is 5.73 Å². The number of aliphatic hydroxyl groups is 1. The minimum Gasteiger partial charge on any atom is -0.399 e. The van der Waals surface area contributed by atoms with Crippen molar-refractivity contribution in [3.8, 4) is 0 Å². The van der Waals surface area contributed by atoms with Gasteiger partial charge in [-0.3, -0.25) is 9.59 Å². The molecule has 0 amide bonds. The van der Waals surface area contributed by atoms with Gasteiger partial charge in [0.2, 0.25) is 0 Å². The molecule has 6 unspecified atom stereocenters. The molecular formula is C32H38N2O5S2. The van der Waals surface area contributed by atoms with Crippen LogP contribution in [0.25, 0.3) is 10.2 Å². The number of anilines is 1. The second-order valence-corrected chi connectivity index (χ2v) is 15.3. The van der Waals surface area contributed by atoms with Gasteiger partial charge in [-0.25, -0.2) is 4.98 Å². The number of thioether (sulfide) groups is 1. The Labute approximate surface area is 248 Å². The van der Waals surface area contributed by atoms with Crippen molar-refractivity contribution in [3.05, 3.63) is 42.0 Å². The fourth-order valence-electron chi connectivity index (χ4n) is 9.22. The van der Waals surface area contributed by atoms with Crippen molar-refractivity contribution < 1.29 is 24.2 Å². The molecule has 2 aromatic rings. The van der Waals surface area contributed by atoms with E-state index in [0.29, 0.717) is 12.1 Å². The summed E-state index contributed by atoms with van der Waals surface area (Å²) in [6.07, 6.45) is 8.67. The van der Waals surface area contributed by atoms with Crippen LogP contribution in [0.5, 0.6) is 0 Å². The molecule has 2 heterocycles. The van der Waals surface area contributed by atoms with Crippen LogP contribution in [0.15, 0.2) is 46.3 Å². The fraction of sp³-hybridized carbons (Fsp3) is 0.594. The van der Waals surface area contributed by atoms with Crippen molar-refractivity contribution in [1.29, 1.82) is 0 Å². The van der Waals surface area contributed by atoms with Gasteiger partial charge in [-0.15, -0.1) is 11.3 Å². The second kappa shape index (κ2) is 9.74. The van der Waals surface area contributed by atoms with Gasteiger partial charge in [0.1, 0.15) is 0 Å². The first-order chi connectivity index (χ1) is 19.6. The van der Waals surface area contributed by atoms with Crippen molar-refractivity contribution in [2.75, 3.05) is 11.5 Å². The van der Waals surface area contributed by atoms with E-state index in [2.05, 4.69) is 20.8 Å². The topological polar surface area (TPSA) is 112 Å². The lowest BCUT2D eigenvalue weighted by molar-refractivity contribution is -0.197. The number of fused-ring (bicyclic) bond motifs is 8. The summed E-state index contributed by atoms with van der Waals surface area (Å²) in [5, 5.41) is 11.9. The Bertz CT molecular complexity index is 1490. The van der Waals surface area contributed by atoms with E-state index in [4.69, 9.17) is 20.2 Å². The van der Waals surface area contributed by atoms with Gasteiger partial charge < -0.3 is 20.3 Å². The lowest BCUT2D eigenvalue weighted by atomic mass is 9.46. The number of hydrogen-bond donors (Lipinski definition) is 2. The third-order valence-electron chi connectivity index (χ3n) is 10.9. The number of ether oxygens (including phenoxy) is 2. The number of nitrogens with two attached hydrogens (primary N) is 1. The van der Waals surface area contributed by atoms with Gasteiger partial charge in [-0.1, -0.05) is 50.6 Å². The minimum atomic E-state index is -1.10. The van der Waals surface area contributed by atoms with Gasteiger partial charge in [0.25, 0.3) is 0 Å². The number of nitrogen functional groups attached to an aromatic ring is 1. The summed E-state index contributed by atoms with van der Waals surface area (Å²) in [5.74, 6) is 0.670. The largest absolute Gasteiger partial charge is 0.399 e. The van der Waals surface area contributed by atoms with Crippen LogP contribution in [-0.2, 0) is 19.1 Å². The van der Waals surface area contributed by atoms with E-state index in [0.717, 1.165) is 52.2 Å². The molecule has 5 aliphatic rings. The van der Waals surface area contributed by atoms with E-state index in [-0.39, 0.29) is 46.6 Å². The number of benzene rings is 1. The van der Waals surface area contributed by atoms with Crippen molar-refractivity contribution >= 4 is 50.6 Å². The molecule has 0 radical (unpaired) electrons. The summed E-state index contributed by atoms with van der Waals surface area (Å²) in [6.45, 7) is 6.44. The maximum Gasteiger partial charge on any atom is 0.178 e. The average Bonchev–Trinajstić information content (AvgIpc) is 3.57. The molecular weight excluding hydrogens is 556 g/mol. The molecule has 7 nitrogen and oxygen atoms in total. The number of carbonyl (C=O) groups excluding carboxylic acids is 2. The standard InChI is InChI=1S/C32H38N2O5S2/c1-4-5-27-38-26-14-21-20-8-6-17-12-19(35)10-11-30(17,2)28(20)23(36)15-31(21,3)32(26,39-27)25(37)16-40-29-34-22-9-7-18(33)13-24(22)41-29/h7,9-13,20-21,23,26-28,36H,4-6,8,14-16,33H2,1-3H3/t20?,21?,23?,26-,27-,28?,30?,31?,32-/m1/s1. The highest BCUT2D eigenvalue weighted by Crippen LogP contribution is 2.69. The molecule has 9 heteroatoms. The number of Topliss-reactive ketones (excluding diaryl/α,β-unsaturated/α-hetero) is 1. The molecule has 7 rings (SSSR count). The summed E-state index contributed by atoms with van der Waals surface area (Å²) < 4.78 is 15.2. The lowest BCUT2D eigenvalue weighted by Crippen LogP contribution is -2.63. The Kier molecular flexibility index (Phi) is 6.60. The highest BCUT2D eigenvalue weighted by Gasteiger charge is 2.75. The molecule has 1 saturated heterocycles. The SMILES string of the molecule is CCC[C@@H]1O[C@@H]2CC3C4CCC5=CC(=O)C=CC5(C)C4C(O)CC3(C)[C@]2(C(=O)CSc2nc3ccc(N)cc3s2)O1. The van der Waals surface area contributed by atoms with Gasteiger partial charge >= 0.3 is 0 Å². The Balaban J connectivity index is 1.21. The zero-order valence-corrected chi connectivity index (χ0v) is 25.4. The molecule has 4 fully saturated rings. The van der Waals surface area contributed by atoms with Crippen molar-refractivity contribution in [3.63, 3.8) is 0 Å². The zero-order chi connectivity index (χ0) is 28.7. The van der Waals surface area contributed by atoms with Crippen LogP contribution in [0.2, 0.25) is 0 Å². The number of thiazole rings is 1. The first kappa shape index (κ1) is 27.8. The molecule has 1 aliphatic heterocycles. The molecule has 1 aromatic heterocycles. The predicted molar refractivity (Wildman–Crippen MR) is 161 cm³/mol. The number of rotatable bonds is 6. The third-order valence-corrected chi connectivity index (χ3v) is 13.1. The van der Waals surface area contributed by atoms with E-state index in [1.807, 2.05) is 24.3 Å². The summed E-state index contributed by atoms with van der Waals surface area (Å²) in [5.41, 5.74) is 6.64. The zero-order valence-electron chi connectivity index (χ0n) is 23.8. The number of aliphatic hydroxyl groups excluding tert-OH is 1. The van der Waals surface area contributed by atoms with Crippen LogP contribution in [0.3, 0.4) is 0 Å². The highest BCUT2D eigenvalue weighted by molar-refractivity contribution is 8.01. The van der Waals surface area contributed by atoms with Gasteiger partial charge in [-0.05, 0) is 74.3 Å². The van der Waals surface area contributed by atoms with Crippen LogP contribution in [0.1, 0.15) is 59.3 Å². The Hall–Kier alpha value is -2.04. The van der Waals surface area contributed by atoms with Crippen molar-refractivity contribution in [2.45, 2.75) is 87.7 Å². The van der Waals surface area contributed by atoms with Gasteiger partial charge in [0.15, 0.2) is 27.8 Å². The number of hydrogen-bond acceptors (Lipinski definition) is 9. The summed E-state index contributed by atoms with van der Waals surface area (Å²) >= 11 is 3.00. The molecule has 218 valence electrons. The van der Waals surface area contributed by atoms with Gasteiger partial charge in [0.05, 0.1) is 28.2 Å². The molecule has 4 aliphatic carbocycles. The maximum absolute atomic E-state index is 14.5. The molecule has 3 N–H and O–H groups in total. The molecule has 41 heavy (non-hydrogen) atoms. The van der Waals surface area contributed by atoms with Crippen molar-refractivity contribution in [1.82, 2.24) is 4.98 Å². The normalized spacial score (nSPS) is 41.1. The highest BCUT2D eigenvalue weighted by atomic mass is 32.2. The van der Waals surface area contributed by atoms with Crippen LogP contribution in [0.4, 0.5) is 5.69 Å². The third kappa shape index (κ3) is 3.99. The molecule has 1 aromatic carbocycles. The monoisotopic (exact) mass is 594 g/mol. The molecule has 3 saturated carbocycles. The first-order valence-electron chi connectivity index (χ1n) is 14.9. The van der Waals surface area contributed by atoms with Gasteiger partial charge in [-0.2, -0.15) is 0 Å². The summed E-state index contributed by atoms with van der Waals surface area (Å²) in [6, 6.07) is 5.67. The predicted octanol–water partition coefficient (Wildman–Crippen LogP) is 5.71. The van der Waals surface area contributed by atoms with Crippen LogP contribution in [0, 0.1) is 28.6 Å². The average molecular weight is 595 g/mol. The number of carbonyl (C=O) groups is 2. The smallest absolute Gasteiger partial charge is 0.178 e. The maximum atomic E-state index is 14.5. The van der Waals surface area contributed by atoms with E-state index in [1.54, 1.807) is 23.5 Å². The van der Waals surface area contributed by atoms with E-state index in [9.17, 15) is 14.7 Å². The Morgan fingerprint density at radius 3 is 2.95 bits per heavy atom. The molecule has 0 spiro atoms. The first-order valence-corrected chi connectivity index (χ1v) is 16.7. The minimum absolute atomic E-state index is 0.00750. The van der Waals surface area contributed by atoms with E-state index in [1.165, 1.54) is 11.8 Å². The van der Waals surface area contributed by atoms with Crippen molar-refractivity contribution in [2.24, 2.45) is 28.6 Å². The summed E-state index contributed by atoms with van der Waals surface area (Å²) in [4.78, 5) is 31.4. The van der Waals surface area contributed by atoms with Crippen LogP contribution in [-0.4, -0.2) is 51.5 Å².